The summed E-state index contributed by atoms with van der Waals surface area (Å²) in [6.45, 7) is 8.26. The zero-order chi connectivity index (χ0) is 27.5. The van der Waals surface area contributed by atoms with E-state index in [1.54, 1.807) is 47.7 Å². The molecular weight excluding hydrogens is 512 g/mol. The number of benzene rings is 1. The van der Waals surface area contributed by atoms with Crippen molar-refractivity contribution in [1.29, 1.82) is 0 Å². The fourth-order valence-corrected chi connectivity index (χ4v) is 6.41. The first kappa shape index (κ1) is 25.4. The van der Waals surface area contributed by atoms with Gasteiger partial charge >= 0.3 is 0 Å². The minimum Gasteiger partial charge on any atom is -0.324 e. The van der Waals surface area contributed by atoms with Crippen molar-refractivity contribution in [2.24, 2.45) is 4.36 Å². The Morgan fingerprint density at radius 1 is 1.23 bits per heavy atom. The van der Waals surface area contributed by atoms with Crippen LogP contribution < -0.4 is 10.9 Å². The molecule has 10 nitrogen and oxygen atoms in total. The fourth-order valence-electron chi connectivity index (χ4n) is 5.86. The summed E-state index contributed by atoms with van der Waals surface area (Å²) in [5.74, 6) is 1.13. The third-order valence-corrected chi connectivity index (χ3v) is 7.92. The molecule has 39 heavy (non-hydrogen) atoms. The molecule has 1 spiro atoms. The molecule has 4 heterocycles. The largest absolute Gasteiger partial charge is 0.324 e. The molecule has 1 N–H and O–H groups in total. The second kappa shape index (κ2) is 9.13. The van der Waals surface area contributed by atoms with Crippen LogP contribution in [0.5, 0.6) is 0 Å². The number of aromatic nitrogens is 5. The lowest BCUT2D eigenvalue weighted by Gasteiger charge is -2.34. The van der Waals surface area contributed by atoms with Gasteiger partial charge in [0, 0.05) is 52.6 Å². The number of hydrogen-bond acceptors (Lipinski definition) is 8. The maximum Gasteiger partial charge on any atom is 0.278 e. The summed E-state index contributed by atoms with van der Waals surface area (Å²) in [5, 5.41) is 3.73. The molecule has 1 saturated carbocycles. The Morgan fingerprint density at radius 3 is 2.74 bits per heavy atom. The number of nitrogens with one attached hydrogen (secondary N) is 1. The van der Waals surface area contributed by atoms with Crippen molar-refractivity contribution in [2.75, 3.05) is 31.4 Å². The van der Waals surface area contributed by atoms with Crippen molar-refractivity contribution in [3.63, 3.8) is 0 Å². The van der Waals surface area contributed by atoms with Gasteiger partial charge in [0.1, 0.15) is 5.39 Å². The number of pyridine rings is 1. The molecule has 4 aromatic rings. The molecule has 0 saturated heterocycles. The van der Waals surface area contributed by atoms with Gasteiger partial charge in [-0.3, -0.25) is 4.79 Å². The molecule has 1 aromatic carbocycles. The van der Waals surface area contributed by atoms with Gasteiger partial charge in [0.25, 0.3) is 5.56 Å². The Kier molecular flexibility index (Phi) is 5.96. The summed E-state index contributed by atoms with van der Waals surface area (Å²) in [6.07, 6.45) is 8.77. The molecule has 0 radical (unpaired) electrons. The lowest BCUT2D eigenvalue weighted by molar-refractivity contribution is 0.270. The molecule has 1 aliphatic heterocycles. The first-order valence-electron chi connectivity index (χ1n) is 12.9. The number of likely N-dealkylation sites (N-methyl/N-ethyl adjacent to an activating group) is 1. The smallest absolute Gasteiger partial charge is 0.278 e. The van der Waals surface area contributed by atoms with E-state index in [1.807, 2.05) is 0 Å². The number of hydrogen-bond donors (Lipinski definition) is 1. The lowest BCUT2D eigenvalue weighted by atomic mass is 9.83. The van der Waals surface area contributed by atoms with Crippen molar-refractivity contribution in [1.82, 2.24) is 29.2 Å². The number of nitrogens with zero attached hydrogens (tertiary/aromatic N) is 7. The van der Waals surface area contributed by atoms with Crippen LogP contribution in [0.2, 0.25) is 0 Å². The van der Waals surface area contributed by atoms with Gasteiger partial charge in [0.15, 0.2) is 17.3 Å². The Balaban J connectivity index is 1.45. The Morgan fingerprint density at radius 2 is 2.03 bits per heavy atom. The van der Waals surface area contributed by atoms with Crippen LogP contribution >= 0.6 is 0 Å². The summed E-state index contributed by atoms with van der Waals surface area (Å²) in [6, 6.07) is 9.56. The molecule has 0 unspecified atom stereocenters. The molecule has 3 aromatic heterocycles. The van der Waals surface area contributed by atoms with E-state index in [-0.39, 0.29) is 12.1 Å². The van der Waals surface area contributed by atoms with Gasteiger partial charge < -0.3 is 10.2 Å². The summed E-state index contributed by atoms with van der Waals surface area (Å²) in [4.78, 5) is 29.5. The SMILES string of the molecule is C=CCn1c(=O)c2cnc(Nc3cc(C)c4c(c3)CN(C)CC43CC3)nc2n1-c1cccc(N=S(C)(C)=O)n1. The maximum atomic E-state index is 13.3. The van der Waals surface area contributed by atoms with Crippen LogP contribution in [-0.2, 0) is 28.2 Å². The second-order valence-corrected chi connectivity index (χ2v) is 13.5. The van der Waals surface area contributed by atoms with Gasteiger partial charge in [0.05, 0.1) is 6.54 Å². The molecule has 1 fully saturated rings. The van der Waals surface area contributed by atoms with Gasteiger partial charge in [-0.25, -0.2) is 23.5 Å². The van der Waals surface area contributed by atoms with Gasteiger partial charge in [-0.1, -0.05) is 12.1 Å². The van der Waals surface area contributed by atoms with Crippen molar-refractivity contribution in [3.05, 3.63) is 76.2 Å². The number of anilines is 2. The third kappa shape index (κ3) is 4.65. The molecule has 11 heteroatoms. The van der Waals surface area contributed by atoms with Crippen LogP contribution in [0.3, 0.4) is 0 Å². The molecule has 0 bridgehead atoms. The second-order valence-electron chi connectivity index (χ2n) is 11.0. The normalized spacial score (nSPS) is 16.3. The molecule has 2 aliphatic rings. The predicted molar refractivity (Wildman–Crippen MR) is 155 cm³/mol. The molecular formula is C28H32N8O2S. The van der Waals surface area contributed by atoms with E-state index in [4.69, 9.17) is 4.98 Å². The van der Waals surface area contributed by atoms with Crippen LogP contribution in [0.25, 0.3) is 16.9 Å². The number of allylic oxidation sites excluding steroid dienone is 1. The van der Waals surface area contributed by atoms with Crippen molar-refractivity contribution in [2.45, 2.75) is 38.3 Å². The lowest BCUT2D eigenvalue weighted by Crippen LogP contribution is -2.35. The van der Waals surface area contributed by atoms with Gasteiger partial charge in [-0.2, -0.15) is 9.35 Å². The van der Waals surface area contributed by atoms with Gasteiger partial charge in [0.2, 0.25) is 5.95 Å². The van der Waals surface area contributed by atoms with E-state index in [1.165, 1.54) is 34.2 Å². The van der Waals surface area contributed by atoms with Crippen LogP contribution in [0, 0.1) is 6.92 Å². The zero-order valence-corrected chi connectivity index (χ0v) is 23.5. The third-order valence-electron chi connectivity index (χ3n) is 7.30. The molecule has 0 atom stereocenters. The topological polar surface area (TPSA) is 110 Å². The summed E-state index contributed by atoms with van der Waals surface area (Å²) in [7, 11) is -0.233. The van der Waals surface area contributed by atoms with E-state index < -0.39 is 9.73 Å². The quantitative estimate of drug-likeness (QED) is 0.365. The van der Waals surface area contributed by atoms with Crippen molar-refractivity contribution < 1.29 is 4.21 Å². The Labute approximate surface area is 227 Å². The highest BCUT2D eigenvalue weighted by Crippen LogP contribution is 2.53. The Hall–Kier alpha value is -3.83. The number of aryl methyl sites for hydroxylation is 1. The first-order valence-corrected chi connectivity index (χ1v) is 15.2. The summed E-state index contributed by atoms with van der Waals surface area (Å²) < 4.78 is 19.6. The maximum absolute atomic E-state index is 13.3. The minimum atomic E-state index is -2.41. The van der Waals surface area contributed by atoms with Crippen LogP contribution in [-0.4, -0.2) is 59.5 Å². The standard InChI is InChI=1S/C28H32N8O2S/c1-6-12-35-26(37)21-15-29-27(32-25(21)36(35)23-9-7-8-22(31-23)33-39(4,5)38)30-20-13-18(2)24-19(14-20)16-34(3)17-28(24)10-11-28/h6-9,13-15H,1,10-12,16-17H2,2-5H3,(H,29,30,32). The molecule has 0 amide bonds. The monoisotopic (exact) mass is 544 g/mol. The van der Waals surface area contributed by atoms with Gasteiger partial charge in [-0.15, -0.1) is 6.58 Å². The highest BCUT2D eigenvalue weighted by Gasteiger charge is 2.49. The predicted octanol–water partition coefficient (Wildman–Crippen LogP) is 4.05. The van der Waals surface area contributed by atoms with E-state index in [9.17, 15) is 9.00 Å². The highest BCUT2D eigenvalue weighted by atomic mass is 32.2. The summed E-state index contributed by atoms with van der Waals surface area (Å²) >= 11 is 0. The van der Waals surface area contributed by atoms with Gasteiger partial charge in [-0.05, 0) is 67.8 Å². The summed E-state index contributed by atoms with van der Waals surface area (Å²) in [5.41, 5.74) is 5.49. The van der Waals surface area contributed by atoms with E-state index >= 15 is 0 Å². The minimum absolute atomic E-state index is 0.249. The van der Waals surface area contributed by atoms with Crippen LogP contribution in [0.1, 0.15) is 29.5 Å². The molecule has 6 rings (SSSR count). The average Bonchev–Trinajstić information content (AvgIpc) is 3.54. The molecule has 202 valence electrons. The van der Waals surface area contributed by atoms with Crippen molar-refractivity contribution in [3.8, 4) is 5.82 Å². The Bertz CT molecular complexity index is 1820. The fraction of sp³-hybridized carbons (Fsp3) is 0.357. The average molecular weight is 545 g/mol. The van der Waals surface area contributed by atoms with E-state index in [0.717, 1.165) is 18.8 Å². The van der Waals surface area contributed by atoms with Crippen LogP contribution in [0.4, 0.5) is 17.5 Å². The highest BCUT2D eigenvalue weighted by molar-refractivity contribution is 7.92. The number of fused-ring (bicyclic) bond motifs is 3. The zero-order valence-electron chi connectivity index (χ0n) is 22.6. The van der Waals surface area contributed by atoms with E-state index in [2.05, 4.69) is 57.2 Å². The number of rotatable bonds is 6. The first-order chi connectivity index (χ1) is 18.6. The van der Waals surface area contributed by atoms with Crippen molar-refractivity contribution >= 4 is 38.2 Å². The molecule has 1 aliphatic carbocycles. The van der Waals surface area contributed by atoms with E-state index in [0.29, 0.717) is 34.0 Å². The van der Waals surface area contributed by atoms with Crippen LogP contribution in [0.15, 0.2) is 58.3 Å².